The highest BCUT2D eigenvalue weighted by molar-refractivity contribution is 9.10. The molecule has 0 radical (unpaired) electrons. The minimum Gasteiger partial charge on any atom is -0.399 e. The minimum atomic E-state index is -4.40. The van der Waals surface area contributed by atoms with Crippen molar-refractivity contribution in [3.8, 4) is 0 Å². The summed E-state index contributed by atoms with van der Waals surface area (Å²) < 4.78 is 38.5. The molecular formula is C14H12BrF3N2. The van der Waals surface area contributed by atoms with E-state index < -0.39 is 11.7 Å². The predicted octanol–water partition coefficient (Wildman–Crippen LogP) is 5.10. The fraction of sp³-hybridized carbons (Fsp3) is 0.143. The standard InChI is InChI=1S/C14H12BrF3N2/c1-8-6-9(19)2-5-13(8)20-10-3-4-12(15)11(7-10)14(16,17)18/h2-7,20H,19H2,1H3. The Morgan fingerprint density at radius 2 is 1.80 bits per heavy atom. The molecule has 2 rings (SSSR count). The number of nitrogens with two attached hydrogens (primary N) is 1. The highest BCUT2D eigenvalue weighted by Crippen LogP contribution is 2.37. The van der Waals surface area contributed by atoms with Crippen LogP contribution in [0.4, 0.5) is 30.2 Å². The first kappa shape index (κ1) is 14.7. The van der Waals surface area contributed by atoms with E-state index in [4.69, 9.17) is 5.73 Å². The van der Waals surface area contributed by atoms with Crippen LogP contribution in [0.5, 0.6) is 0 Å². The van der Waals surface area contributed by atoms with Gasteiger partial charge in [-0.3, -0.25) is 0 Å². The third-order valence-electron chi connectivity index (χ3n) is 2.80. The van der Waals surface area contributed by atoms with Crippen molar-refractivity contribution in [3.63, 3.8) is 0 Å². The second-order valence-corrected chi connectivity index (χ2v) is 5.25. The quantitative estimate of drug-likeness (QED) is 0.743. The number of aryl methyl sites for hydroxylation is 1. The van der Waals surface area contributed by atoms with E-state index in [1.54, 1.807) is 24.3 Å². The maximum absolute atomic E-state index is 12.8. The Bertz CT molecular complexity index is 639. The Balaban J connectivity index is 2.35. The molecule has 0 spiro atoms. The van der Waals surface area contributed by atoms with Crippen LogP contribution < -0.4 is 11.1 Å². The van der Waals surface area contributed by atoms with Crippen LogP contribution in [-0.4, -0.2) is 0 Å². The van der Waals surface area contributed by atoms with Gasteiger partial charge in [0.25, 0.3) is 0 Å². The van der Waals surface area contributed by atoms with Crippen LogP contribution in [0.3, 0.4) is 0 Å². The van der Waals surface area contributed by atoms with E-state index in [0.717, 1.165) is 17.3 Å². The van der Waals surface area contributed by atoms with Crippen molar-refractivity contribution in [2.45, 2.75) is 13.1 Å². The molecule has 0 unspecified atom stereocenters. The van der Waals surface area contributed by atoms with Crippen LogP contribution in [0.15, 0.2) is 40.9 Å². The summed E-state index contributed by atoms with van der Waals surface area (Å²) in [6.07, 6.45) is -4.40. The molecule has 0 heterocycles. The smallest absolute Gasteiger partial charge is 0.399 e. The minimum absolute atomic E-state index is 0.0181. The lowest BCUT2D eigenvalue weighted by atomic mass is 10.1. The molecule has 0 saturated heterocycles. The van der Waals surface area contributed by atoms with Crippen molar-refractivity contribution in [3.05, 3.63) is 52.0 Å². The number of alkyl halides is 3. The van der Waals surface area contributed by atoms with Crippen LogP contribution in [0.25, 0.3) is 0 Å². The Kier molecular flexibility index (Phi) is 3.94. The monoisotopic (exact) mass is 344 g/mol. The van der Waals surface area contributed by atoms with E-state index >= 15 is 0 Å². The highest BCUT2D eigenvalue weighted by atomic mass is 79.9. The average Bonchev–Trinajstić information content (AvgIpc) is 2.33. The average molecular weight is 345 g/mol. The first-order chi connectivity index (χ1) is 9.27. The Morgan fingerprint density at radius 3 is 2.40 bits per heavy atom. The zero-order valence-corrected chi connectivity index (χ0v) is 12.1. The number of hydrogen-bond acceptors (Lipinski definition) is 2. The van der Waals surface area contributed by atoms with Gasteiger partial charge in [0.2, 0.25) is 0 Å². The number of halogens is 4. The van der Waals surface area contributed by atoms with Gasteiger partial charge in [-0.1, -0.05) is 15.9 Å². The number of rotatable bonds is 2. The number of nitrogen functional groups attached to an aromatic ring is 1. The molecule has 106 valence electrons. The van der Waals surface area contributed by atoms with Crippen LogP contribution in [-0.2, 0) is 6.18 Å². The number of anilines is 3. The third kappa shape index (κ3) is 3.25. The first-order valence-electron chi connectivity index (χ1n) is 5.77. The lowest BCUT2D eigenvalue weighted by Gasteiger charge is -2.14. The summed E-state index contributed by atoms with van der Waals surface area (Å²) in [5.41, 5.74) is 7.49. The predicted molar refractivity (Wildman–Crippen MR) is 78.0 cm³/mol. The summed E-state index contributed by atoms with van der Waals surface area (Å²) in [7, 11) is 0. The molecule has 0 aliphatic carbocycles. The normalized spacial score (nSPS) is 11.4. The van der Waals surface area contributed by atoms with Crippen molar-refractivity contribution in [2.24, 2.45) is 0 Å². The SMILES string of the molecule is Cc1cc(N)ccc1Nc1ccc(Br)c(C(F)(F)F)c1. The van der Waals surface area contributed by atoms with Gasteiger partial charge in [-0.05, 0) is 48.9 Å². The summed E-state index contributed by atoms with van der Waals surface area (Å²) in [6.45, 7) is 1.84. The fourth-order valence-corrected chi connectivity index (χ4v) is 2.27. The molecule has 0 fully saturated rings. The van der Waals surface area contributed by atoms with Crippen LogP contribution in [0, 0.1) is 6.92 Å². The Labute approximate surface area is 122 Å². The van der Waals surface area contributed by atoms with Gasteiger partial charge in [-0.2, -0.15) is 13.2 Å². The first-order valence-corrected chi connectivity index (χ1v) is 6.56. The summed E-state index contributed by atoms with van der Waals surface area (Å²) in [4.78, 5) is 0. The molecule has 2 nitrogen and oxygen atoms in total. The van der Waals surface area contributed by atoms with Crippen LogP contribution >= 0.6 is 15.9 Å². The van der Waals surface area contributed by atoms with E-state index in [1.165, 1.54) is 6.07 Å². The number of benzene rings is 2. The third-order valence-corrected chi connectivity index (χ3v) is 3.49. The van der Waals surface area contributed by atoms with Crippen molar-refractivity contribution >= 4 is 33.0 Å². The van der Waals surface area contributed by atoms with Crippen LogP contribution in [0.2, 0.25) is 0 Å². The summed E-state index contributed by atoms with van der Waals surface area (Å²) >= 11 is 2.91. The molecular weight excluding hydrogens is 333 g/mol. The Hall–Kier alpha value is -1.69. The summed E-state index contributed by atoms with van der Waals surface area (Å²) in [6, 6.07) is 9.21. The van der Waals surface area contributed by atoms with Gasteiger partial charge in [0, 0.05) is 21.5 Å². The molecule has 0 aliphatic rings. The second kappa shape index (κ2) is 5.36. The van der Waals surface area contributed by atoms with Gasteiger partial charge in [-0.25, -0.2) is 0 Å². The van der Waals surface area contributed by atoms with Gasteiger partial charge < -0.3 is 11.1 Å². The second-order valence-electron chi connectivity index (χ2n) is 4.39. The molecule has 3 N–H and O–H groups in total. The molecule has 0 atom stereocenters. The van der Waals surface area contributed by atoms with Crippen molar-refractivity contribution in [2.75, 3.05) is 11.1 Å². The largest absolute Gasteiger partial charge is 0.417 e. The topological polar surface area (TPSA) is 38.0 Å². The zero-order valence-electron chi connectivity index (χ0n) is 10.6. The molecule has 0 aliphatic heterocycles. The highest BCUT2D eigenvalue weighted by Gasteiger charge is 2.33. The molecule has 20 heavy (non-hydrogen) atoms. The lowest BCUT2D eigenvalue weighted by Crippen LogP contribution is -2.06. The zero-order chi connectivity index (χ0) is 14.9. The summed E-state index contributed by atoms with van der Waals surface area (Å²) in [5, 5.41) is 2.96. The number of hydrogen-bond donors (Lipinski definition) is 2. The molecule has 0 aromatic heterocycles. The van der Waals surface area contributed by atoms with E-state index in [1.807, 2.05) is 6.92 Å². The lowest BCUT2D eigenvalue weighted by molar-refractivity contribution is -0.138. The van der Waals surface area contributed by atoms with Gasteiger partial charge in [0.15, 0.2) is 0 Å². The maximum atomic E-state index is 12.8. The van der Waals surface area contributed by atoms with Gasteiger partial charge in [0.1, 0.15) is 0 Å². The molecule has 6 heteroatoms. The van der Waals surface area contributed by atoms with Crippen molar-refractivity contribution in [1.29, 1.82) is 0 Å². The molecule has 2 aromatic rings. The van der Waals surface area contributed by atoms with Crippen molar-refractivity contribution in [1.82, 2.24) is 0 Å². The van der Waals surface area contributed by atoms with Crippen molar-refractivity contribution < 1.29 is 13.2 Å². The van der Waals surface area contributed by atoms with Gasteiger partial charge in [0.05, 0.1) is 5.56 Å². The van der Waals surface area contributed by atoms with E-state index in [0.29, 0.717) is 11.4 Å². The Morgan fingerprint density at radius 1 is 1.10 bits per heavy atom. The molecule has 0 saturated carbocycles. The number of nitrogens with one attached hydrogen (secondary N) is 1. The molecule has 0 bridgehead atoms. The fourth-order valence-electron chi connectivity index (χ4n) is 1.80. The van der Waals surface area contributed by atoms with E-state index in [9.17, 15) is 13.2 Å². The van der Waals surface area contributed by atoms with E-state index in [2.05, 4.69) is 21.2 Å². The molecule has 2 aromatic carbocycles. The van der Waals surface area contributed by atoms with Crippen LogP contribution in [0.1, 0.15) is 11.1 Å². The maximum Gasteiger partial charge on any atom is 0.417 e. The van der Waals surface area contributed by atoms with E-state index in [-0.39, 0.29) is 4.47 Å². The molecule has 0 amide bonds. The summed E-state index contributed by atoms with van der Waals surface area (Å²) in [5.74, 6) is 0. The van der Waals surface area contributed by atoms with Gasteiger partial charge in [-0.15, -0.1) is 0 Å². The van der Waals surface area contributed by atoms with Gasteiger partial charge >= 0.3 is 6.18 Å².